The number of carbonyl (C=O) groups excluding carboxylic acids is 1. The third-order valence-corrected chi connectivity index (χ3v) is 5.39. The third-order valence-electron chi connectivity index (χ3n) is 5.39. The van der Waals surface area contributed by atoms with E-state index in [-0.39, 0.29) is 12.5 Å². The number of aliphatic carboxylic acids is 1. The number of hydrogen-bond donors (Lipinski definition) is 2. The van der Waals surface area contributed by atoms with Crippen LogP contribution in [0.4, 0.5) is 0 Å². The Bertz CT molecular complexity index is 987. The summed E-state index contributed by atoms with van der Waals surface area (Å²) < 4.78 is 0. The number of hydrogen-bond acceptors (Lipinski definition) is 3. The van der Waals surface area contributed by atoms with Crippen LogP contribution in [0.5, 0.6) is 0 Å². The predicted octanol–water partition coefficient (Wildman–Crippen LogP) is 4.75. The van der Waals surface area contributed by atoms with E-state index in [9.17, 15) is 14.7 Å². The maximum atomic E-state index is 12.6. The highest BCUT2D eigenvalue weighted by Gasteiger charge is 2.32. The molecule has 0 aliphatic heterocycles. The first kappa shape index (κ1) is 21.5. The first-order chi connectivity index (χ1) is 14.6. The van der Waals surface area contributed by atoms with Crippen molar-refractivity contribution in [2.45, 2.75) is 32.8 Å². The van der Waals surface area contributed by atoms with Crippen molar-refractivity contribution >= 4 is 22.6 Å². The molecule has 0 aliphatic rings. The van der Waals surface area contributed by atoms with Crippen LogP contribution in [0.1, 0.15) is 30.9 Å². The second-order valence-electron chi connectivity index (χ2n) is 7.42. The van der Waals surface area contributed by atoms with E-state index < -0.39 is 17.8 Å². The van der Waals surface area contributed by atoms with E-state index in [1.807, 2.05) is 73.7 Å². The van der Waals surface area contributed by atoms with Crippen LogP contribution in [0.25, 0.3) is 10.8 Å². The summed E-state index contributed by atoms with van der Waals surface area (Å²) in [7, 11) is 0. The Kier molecular flexibility index (Phi) is 7.57. The van der Waals surface area contributed by atoms with Gasteiger partial charge < -0.3 is 5.11 Å². The topological polar surface area (TPSA) is 75.6 Å². The van der Waals surface area contributed by atoms with Crippen LogP contribution in [-0.2, 0) is 27.5 Å². The second-order valence-corrected chi connectivity index (χ2v) is 7.42. The molecule has 0 saturated heterocycles. The number of benzene rings is 3. The largest absolute Gasteiger partial charge is 0.481 e. The number of rotatable bonds is 10. The van der Waals surface area contributed by atoms with E-state index in [1.165, 1.54) is 0 Å². The Hall–Kier alpha value is -3.18. The molecule has 1 amide bonds. The van der Waals surface area contributed by atoms with Crippen LogP contribution in [0.15, 0.2) is 72.8 Å². The number of fused-ring (bicyclic) bond motifs is 1. The summed E-state index contributed by atoms with van der Waals surface area (Å²) in [5.41, 5.74) is 4.43. The number of carboxylic acid groups (broad SMARTS) is 1. The average molecular weight is 405 g/mol. The van der Waals surface area contributed by atoms with Crippen molar-refractivity contribution in [1.82, 2.24) is 5.48 Å². The highest BCUT2D eigenvalue weighted by atomic mass is 16.6. The minimum absolute atomic E-state index is 0.234. The zero-order chi connectivity index (χ0) is 21.3. The van der Waals surface area contributed by atoms with Crippen molar-refractivity contribution in [1.29, 1.82) is 0 Å². The van der Waals surface area contributed by atoms with Gasteiger partial charge in [-0.1, -0.05) is 79.7 Å². The highest BCUT2D eigenvalue weighted by Crippen LogP contribution is 2.24. The van der Waals surface area contributed by atoms with E-state index in [0.717, 1.165) is 21.9 Å². The van der Waals surface area contributed by atoms with Crippen LogP contribution < -0.4 is 5.48 Å². The zero-order valence-corrected chi connectivity index (χ0v) is 17.1. The summed E-state index contributed by atoms with van der Waals surface area (Å²) in [4.78, 5) is 29.8. The molecule has 0 aliphatic carbocycles. The van der Waals surface area contributed by atoms with E-state index in [2.05, 4.69) is 11.5 Å². The molecule has 5 nitrogen and oxygen atoms in total. The van der Waals surface area contributed by atoms with Gasteiger partial charge in [0.05, 0.1) is 18.4 Å². The lowest BCUT2D eigenvalue weighted by Gasteiger charge is -2.22. The Morgan fingerprint density at radius 3 is 2.30 bits per heavy atom. The van der Waals surface area contributed by atoms with Crippen molar-refractivity contribution in [3.05, 3.63) is 83.9 Å². The highest BCUT2D eigenvalue weighted by molar-refractivity contribution is 5.84. The van der Waals surface area contributed by atoms with Gasteiger partial charge in [-0.25, -0.2) is 5.48 Å². The molecular formula is C25H27NO4. The van der Waals surface area contributed by atoms with E-state index in [1.54, 1.807) is 0 Å². The summed E-state index contributed by atoms with van der Waals surface area (Å²) in [6.07, 6.45) is 1.41. The zero-order valence-electron chi connectivity index (χ0n) is 17.1. The molecule has 0 bridgehead atoms. The molecule has 0 heterocycles. The molecular weight excluding hydrogens is 378 g/mol. The number of aryl methyl sites for hydroxylation is 1. The SMILES string of the molecule is CC[C@@H](C(=O)NOCc1ccccc1)[C@@H](CCc1ccc2ccccc2c1)C(=O)O. The van der Waals surface area contributed by atoms with Crippen LogP contribution >= 0.6 is 0 Å². The number of carboxylic acids is 1. The van der Waals surface area contributed by atoms with Crippen molar-refractivity contribution in [3.8, 4) is 0 Å². The van der Waals surface area contributed by atoms with Gasteiger partial charge in [-0.05, 0) is 41.2 Å². The third kappa shape index (κ3) is 5.67. The van der Waals surface area contributed by atoms with E-state index in [4.69, 9.17) is 4.84 Å². The van der Waals surface area contributed by atoms with E-state index >= 15 is 0 Å². The summed E-state index contributed by atoms with van der Waals surface area (Å²) in [6, 6.07) is 23.7. The number of hydroxylamine groups is 1. The molecule has 30 heavy (non-hydrogen) atoms. The summed E-state index contributed by atoms with van der Waals surface area (Å²) in [6.45, 7) is 2.06. The average Bonchev–Trinajstić information content (AvgIpc) is 2.77. The second kappa shape index (κ2) is 10.6. The molecule has 5 heteroatoms. The normalized spacial score (nSPS) is 13.0. The van der Waals surface area contributed by atoms with Gasteiger partial charge in [0, 0.05) is 0 Å². The smallest absolute Gasteiger partial charge is 0.307 e. The molecule has 0 fully saturated rings. The summed E-state index contributed by atoms with van der Waals surface area (Å²) in [5.74, 6) is -2.78. The Labute approximate surface area is 176 Å². The fourth-order valence-corrected chi connectivity index (χ4v) is 3.71. The van der Waals surface area contributed by atoms with E-state index in [0.29, 0.717) is 19.3 Å². The number of carbonyl (C=O) groups is 2. The van der Waals surface area contributed by atoms with Gasteiger partial charge in [-0.3, -0.25) is 14.4 Å². The molecule has 2 N–H and O–H groups in total. The van der Waals surface area contributed by atoms with Crippen molar-refractivity contribution in [2.75, 3.05) is 0 Å². The molecule has 156 valence electrons. The molecule has 3 rings (SSSR count). The van der Waals surface area contributed by atoms with Crippen molar-refractivity contribution < 1.29 is 19.5 Å². The van der Waals surface area contributed by atoms with Gasteiger partial charge in [0.1, 0.15) is 0 Å². The minimum atomic E-state index is -0.958. The lowest BCUT2D eigenvalue weighted by atomic mass is 9.84. The first-order valence-corrected chi connectivity index (χ1v) is 10.2. The van der Waals surface area contributed by atoms with Gasteiger partial charge in [-0.2, -0.15) is 0 Å². The number of nitrogens with one attached hydrogen (secondary N) is 1. The standard InChI is InChI=1S/C25H27NO4/c1-2-22(24(27)26-30-17-19-8-4-3-5-9-19)23(25(28)29)15-13-18-12-14-20-10-6-7-11-21(20)16-18/h3-12,14,16,22-23H,2,13,15,17H2,1H3,(H,26,27)(H,28,29)/t22-,23-/m1/s1. The Morgan fingerprint density at radius 1 is 0.900 bits per heavy atom. The van der Waals surface area contributed by atoms with Gasteiger partial charge in [0.2, 0.25) is 5.91 Å². The lowest BCUT2D eigenvalue weighted by Crippen LogP contribution is -2.38. The molecule has 0 unspecified atom stereocenters. The van der Waals surface area contributed by atoms with Gasteiger partial charge in [0.15, 0.2) is 0 Å². The fraction of sp³-hybridized carbons (Fsp3) is 0.280. The Morgan fingerprint density at radius 2 is 1.60 bits per heavy atom. The molecule has 0 saturated carbocycles. The quantitative estimate of drug-likeness (QED) is 0.478. The maximum Gasteiger partial charge on any atom is 0.307 e. The van der Waals surface area contributed by atoms with Crippen LogP contribution in [0.2, 0.25) is 0 Å². The van der Waals surface area contributed by atoms with Crippen LogP contribution in [0, 0.1) is 11.8 Å². The predicted molar refractivity (Wildman–Crippen MR) is 117 cm³/mol. The summed E-state index contributed by atoms with van der Waals surface area (Å²) in [5, 5.41) is 12.0. The fourth-order valence-electron chi connectivity index (χ4n) is 3.71. The summed E-state index contributed by atoms with van der Waals surface area (Å²) >= 11 is 0. The molecule has 0 aromatic heterocycles. The van der Waals surface area contributed by atoms with Gasteiger partial charge in [0.25, 0.3) is 0 Å². The molecule has 0 spiro atoms. The molecule has 3 aromatic rings. The van der Waals surface area contributed by atoms with Crippen LogP contribution in [-0.4, -0.2) is 17.0 Å². The van der Waals surface area contributed by atoms with Gasteiger partial charge >= 0.3 is 5.97 Å². The minimum Gasteiger partial charge on any atom is -0.481 e. The number of amides is 1. The molecule has 3 aromatic carbocycles. The van der Waals surface area contributed by atoms with Crippen molar-refractivity contribution in [2.24, 2.45) is 11.8 Å². The Balaban J connectivity index is 1.60. The molecule has 2 atom stereocenters. The van der Waals surface area contributed by atoms with Crippen molar-refractivity contribution in [3.63, 3.8) is 0 Å². The lowest BCUT2D eigenvalue weighted by molar-refractivity contribution is -0.152. The van der Waals surface area contributed by atoms with Crippen LogP contribution in [0.3, 0.4) is 0 Å². The first-order valence-electron chi connectivity index (χ1n) is 10.2. The van der Waals surface area contributed by atoms with Gasteiger partial charge in [-0.15, -0.1) is 0 Å². The maximum absolute atomic E-state index is 12.6. The monoisotopic (exact) mass is 405 g/mol. The molecule has 0 radical (unpaired) electrons.